The number of nitrogens with zero attached hydrogens (tertiary/aromatic N) is 1. The van der Waals surface area contributed by atoms with Gasteiger partial charge in [-0.1, -0.05) is 33.1 Å². The zero-order valence-corrected chi connectivity index (χ0v) is 12.3. The second kappa shape index (κ2) is 5.13. The first kappa shape index (κ1) is 12.9. The quantitative estimate of drug-likeness (QED) is 0.810. The van der Waals surface area contributed by atoms with Crippen LogP contribution in [0.2, 0.25) is 0 Å². The topological polar surface area (TPSA) is 15.3 Å². The van der Waals surface area contributed by atoms with E-state index >= 15 is 0 Å². The zero-order chi connectivity index (χ0) is 12.6. The highest BCUT2D eigenvalue weighted by atomic mass is 15.2. The molecule has 3 aliphatic rings. The summed E-state index contributed by atoms with van der Waals surface area (Å²) in [5.74, 6) is 1.86. The van der Waals surface area contributed by atoms with Crippen LogP contribution in [0.4, 0.5) is 0 Å². The van der Waals surface area contributed by atoms with Crippen molar-refractivity contribution in [1.82, 2.24) is 10.2 Å². The highest BCUT2D eigenvalue weighted by molar-refractivity contribution is 5.00. The Balaban J connectivity index is 1.55. The van der Waals surface area contributed by atoms with Crippen LogP contribution in [-0.4, -0.2) is 36.1 Å². The van der Waals surface area contributed by atoms with Crippen molar-refractivity contribution in [2.45, 2.75) is 70.4 Å². The fourth-order valence-corrected chi connectivity index (χ4v) is 4.32. The summed E-state index contributed by atoms with van der Waals surface area (Å²) in [4.78, 5) is 2.78. The predicted octanol–water partition coefficient (Wildman–Crippen LogP) is 3.03. The van der Waals surface area contributed by atoms with Crippen LogP contribution in [0, 0.1) is 11.8 Å². The smallest absolute Gasteiger partial charge is 0.0196 e. The Morgan fingerprint density at radius 3 is 2.50 bits per heavy atom. The molecule has 18 heavy (non-hydrogen) atoms. The van der Waals surface area contributed by atoms with Crippen molar-refractivity contribution in [3.05, 3.63) is 0 Å². The third-order valence-electron chi connectivity index (χ3n) is 5.81. The van der Waals surface area contributed by atoms with E-state index in [1.165, 1.54) is 64.6 Å². The Bertz CT molecular complexity index is 269. The summed E-state index contributed by atoms with van der Waals surface area (Å²) in [6, 6.07) is 0.888. The minimum Gasteiger partial charge on any atom is -0.311 e. The summed E-state index contributed by atoms with van der Waals surface area (Å²) in [6.45, 7) is 8.77. The second-order valence-corrected chi connectivity index (χ2v) is 7.37. The van der Waals surface area contributed by atoms with Gasteiger partial charge in [-0.25, -0.2) is 0 Å². The average molecular weight is 250 g/mol. The standard InChI is InChI=1S/C16H30N2/c1-13(2)14-11-18(12-14)15-6-9-17-16(10-15)7-4-3-5-8-16/h13-15,17H,3-12H2,1-2H3. The summed E-state index contributed by atoms with van der Waals surface area (Å²) in [7, 11) is 0. The Morgan fingerprint density at radius 1 is 1.11 bits per heavy atom. The molecule has 0 radical (unpaired) electrons. The SMILES string of the molecule is CC(C)C1CN(C2CCNC3(CCCCC3)C2)C1. The molecule has 0 amide bonds. The van der Waals surface area contributed by atoms with Gasteiger partial charge in [0.15, 0.2) is 0 Å². The number of hydrogen-bond donors (Lipinski definition) is 1. The van der Waals surface area contributed by atoms with Crippen molar-refractivity contribution in [2.75, 3.05) is 19.6 Å². The van der Waals surface area contributed by atoms with E-state index in [2.05, 4.69) is 24.1 Å². The molecule has 1 aliphatic carbocycles. The fourth-order valence-electron chi connectivity index (χ4n) is 4.32. The van der Waals surface area contributed by atoms with Gasteiger partial charge in [0.2, 0.25) is 0 Å². The maximum atomic E-state index is 3.87. The maximum absolute atomic E-state index is 3.87. The molecule has 2 aliphatic heterocycles. The van der Waals surface area contributed by atoms with Crippen LogP contribution < -0.4 is 5.32 Å². The van der Waals surface area contributed by atoms with Gasteiger partial charge >= 0.3 is 0 Å². The third kappa shape index (κ3) is 2.46. The van der Waals surface area contributed by atoms with E-state index in [0.29, 0.717) is 5.54 Å². The van der Waals surface area contributed by atoms with Crippen molar-refractivity contribution < 1.29 is 0 Å². The molecule has 3 fully saturated rings. The molecule has 0 aromatic heterocycles. The number of piperidine rings is 1. The normalized spacial score (nSPS) is 33.8. The van der Waals surface area contributed by atoms with E-state index in [1.807, 2.05) is 0 Å². The van der Waals surface area contributed by atoms with Crippen molar-refractivity contribution in [1.29, 1.82) is 0 Å². The van der Waals surface area contributed by atoms with Crippen LogP contribution in [0.5, 0.6) is 0 Å². The van der Waals surface area contributed by atoms with Crippen LogP contribution in [-0.2, 0) is 0 Å². The first-order valence-electron chi connectivity index (χ1n) is 8.18. The number of hydrogen-bond acceptors (Lipinski definition) is 2. The molecule has 2 heterocycles. The van der Waals surface area contributed by atoms with Crippen molar-refractivity contribution in [2.24, 2.45) is 11.8 Å². The highest BCUT2D eigenvalue weighted by Gasteiger charge is 2.42. The van der Waals surface area contributed by atoms with E-state index in [0.717, 1.165) is 17.9 Å². The van der Waals surface area contributed by atoms with Gasteiger partial charge in [-0.2, -0.15) is 0 Å². The molecule has 2 heteroatoms. The second-order valence-electron chi connectivity index (χ2n) is 7.37. The molecule has 0 bridgehead atoms. The molecular formula is C16H30N2. The van der Waals surface area contributed by atoms with Crippen molar-refractivity contribution >= 4 is 0 Å². The Hall–Kier alpha value is -0.0800. The average Bonchev–Trinajstić information content (AvgIpc) is 2.27. The summed E-state index contributed by atoms with van der Waals surface area (Å²) in [5.41, 5.74) is 0.532. The molecular weight excluding hydrogens is 220 g/mol. The minimum absolute atomic E-state index is 0.532. The van der Waals surface area contributed by atoms with E-state index in [9.17, 15) is 0 Å². The molecule has 1 spiro atoms. The molecule has 1 unspecified atom stereocenters. The van der Waals surface area contributed by atoms with Gasteiger partial charge in [-0.3, -0.25) is 4.90 Å². The van der Waals surface area contributed by atoms with Gasteiger partial charge in [0, 0.05) is 24.7 Å². The molecule has 0 aromatic rings. The summed E-state index contributed by atoms with van der Waals surface area (Å²) in [5, 5.41) is 3.87. The highest BCUT2D eigenvalue weighted by Crippen LogP contribution is 2.38. The van der Waals surface area contributed by atoms with E-state index in [-0.39, 0.29) is 0 Å². The van der Waals surface area contributed by atoms with E-state index in [1.54, 1.807) is 0 Å². The Labute approximate surface area is 113 Å². The van der Waals surface area contributed by atoms with Crippen LogP contribution >= 0.6 is 0 Å². The van der Waals surface area contributed by atoms with Gasteiger partial charge < -0.3 is 5.32 Å². The van der Waals surface area contributed by atoms with Gasteiger partial charge in [-0.15, -0.1) is 0 Å². The number of rotatable bonds is 2. The lowest BCUT2D eigenvalue weighted by atomic mass is 9.73. The molecule has 2 saturated heterocycles. The molecule has 2 nitrogen and oxygen atoms in total. The first-order valence-corrected chi connectivity index (χ1v) is 8.18. The van der Waals surface area contributed by atoms with Crippen LogP contribution in [0.1, 0.15) is 58.8 Å². The zero-order valence-electron chi connectivity index (χ0n) is 12.3. The largest absolute Gasteiger partial charge is 0.311 e. The lowest BCUT2D eigenvalue weighted by molar-refractivity contribution is -0.00814. The maximum Gasteiger partial charge on any atom is 0.0196 e. The minimum atomic E-state index is 0.532. The van der Waals surface area contributed by atoms with E-state index in [4.69, 9.17) is 0 Å². The molecule has 1 N–H and O–H groups in total. The predicted molar refractivity (Wildman–Crippen MR) is 76.7 cm³/mol. The fraction of sp³-hybridized carbons (Fsp3) is 1.00. The lowest BCUT2D eigenvalue weighted by Crippen LogP contribution is -2.61. The Morgan fingerprint density at radius 2 is 1.83 bits per heavy atom. The van der Waals surface area contributed by atoms with Gasteiger partial charge in [0.1, 0.15) is 0 Å². The summed E-state index contributed by atoms with van der Waals surface area (Å²) in [6.07, 6.45) is 10.1. The van der Waals surface area contributed by atoms with Gasteiger partial charge in [-0.05, 0) is 44.1 Å². The monoisotopic (exact) mass is 250 g/mol. The van der Waals surface area contributed by atoms with Gasteiger partial charge in [0.05, 0.1) is 0 Å². The summed E-state index contributed by atoms with van der Waals surface area (Å²) >= 11 is 0. The Kier molecular flexibility index (Phi) is 3.68. The summed E-state index contributed by atoms with van der Waals surface area (Å²) < 4.78 is 0. The molecule has 1 atom stereocenters. The first-order chi connectivity index (χ1) is 8.69. The van der Waals surface area contributed by atoms with Crippen LogP contribution in [0.25, 0.3) is 0 Å². The molecule has 1 saturated carbocycles. The van der Waals surface area contributed by atoms with Crippen molar-refractivity contribution in [3.63, 3.8) is 0 Å². The lowest BCUT2D eigenvalue weighted by Gasteiger charge is -2.52. The molecule has 0 aromatic carbocycles. The van der Waals surface area contributed by atoms with E-state index < -0.39 is 0 Å². The number of nitrogens with one attached hydrogen (secondary N) is 1. The van der Waals surface area contributed by atoms with Crippen LogP contribution in [0.15, 0.2) is 0 Å². The third-order valence-corrected chi connectivity index (χ3v) is 5.81. The molecule has 104 valence electrons. The number of likely N-dealkylation sites (tertiary alicyclic amines) is 1. The van der Waals surface area contributed by atoms with Crippen molar-refractivity contribution in [3.8, 4) is 0 Å². The molecule has 3 rings (SSSR count). The van der Waals surface area contributed by atoms with Crippen LogP contribution in [0.3, 0.4) is 0 Å². The van der Waals surface area contributed by atoms with Gasteiger partial charge in [0.25, 0.3) is 0 Å².